The van der Waals surface area contributed by atoms with Crippen LogP contribution in [-0.2, 0) is 11.2 Å². The Labute approximate surface area is 112 Å². The van der Waals surface area contributed by atoms with E-state index >= 15 is 0 Å². The number of ether oxygens (including phenoxy) is 1. The second kappa shape index (κ2) is 6.14. The van der Waals surface area contributed by atoms with Crippen molar-refractivity contribution in [3.05, 3.63) is 36.4 Å². The third-order valence-electron chi connectivity index (χ3n) is 2.47. The second-order valence-electron chi connectivity index (χ2n) is 3.89. The Balaban J connectivity index is 2.21. The van der Waals surface area contributed by atoms with E-state index in [-0.39, 0.29) is 30.2 Å². The summed E-state index contributed by atoms with van der Waals surface area (Å²) in [7, 11) is 0. The molecule has 2 aromatic rings. The van der Waals surface area contributed by atoms with Crippen LogP contribution in [0.4, 0.5) is 8.78 Å². The minimum absolute atomic E-state index is 0.0246. The van der Waals surface area contributed by atoms with Gasteiger partial charge in [0.05, 0.1) is 18.2 Å². The maximum absolute atomic E-state index is 12.3. The van der Waals surface area contributed by atoms with Gasteiger partial charge in [-0.3, -0.25) is 4.79 Å². The number of halogens is 2. The summed E-state index contributed by atoms with van der Waals surface area (Å²) in [6, 6.07) is 6.15. The van der Waals surface area contributed by atoms with Gasteiger partial charge in [-0.05, 0) is 12.1 Å². The van der Waals surface area contributed by atoms with Crippen molar-refractivity contribution in [3.8, 4) is 17.1 Å². The van der Waals surface area contributed by atoms with Crippen molar-refractivity contribution in [1.29, 1.82) is 0 Å². The maximum atomic E-state index is 12.3. The Morgan fingerprint density at radius 3 is 2.85 bits per heavy atom. The van der Waals surface area contributed by atoms with Crippen LogP contribution in [0, 0.1) is 0 Å². The number of carbonyl (C=O) groups is 1. The molecule has 0 spiro atoms. The molecule has 1 N–H and O–H groups in total. The number of para-hydroxylation sites is 1. The molecule has 1 aromatic heterocycles. The zero-order valence-corrected chi connectivity index (χ0v) is 10.3. The van der Waals surface area contributed by atoms with Crippen LogP contribution in [0.15, 0.2) is 34.9 Å². The van der Waals surface area contributed by atoms with Gasteiger partial charge < -0.3 is 14.3 Å². The van der Waals surface area contributed by atoms with Crippen molar-refractivity contribution < 1.29 is 27.8 Å². The predicted octanol–water partition coefficient (Wildman–Crippen LogP) is 2.96. The van der Waals surface area contributed by atoms with E-state index in [4.69, 9.17) is 9.52 Å². The Hall–Kier alpha value is -2.44. The Bertz CT molecular complexity index is 598. The van der Waals surface area contributed by atoms with Crippen LogP contribution in [0.2, 0.25) is 0 Å². The molecule has 0 aliphatic heterocycles. The monoisotopic (exact) mass is 283 g/mol. The average Bonchev–Trinajstić information content (AvgIpc) is 2.85. The third kappa shape index (κ3) is 3.53. The molecule has 0 aliphatic rings. The number of aromatic nitrogens is 1. The average molecular weight is 283 g/mol. The van der Waals surface area contributed by atoms with Crippen LogP contribution in [0.1, 0.15) is 12.3 Å². The molecule has 1 aromatic carbocycles. The van der Waals surface area contributed by atoms with Gasteiger partial charge in [-0.2, -0.15) is 8.78 Å². The summed E-state index contributed by atoms with van der Waals surface area (Å²) in [6.07, 6.45) is 1.37. The molecule has 5 nitrogen and oxygen atoms in total. The first-order valence-corrected chi connectivity index (χ1v) is 5.77. The number of benzene rings is 1. The number of rotatable bonds is 6. The van der Waals surface area contributed by atoms with Crippen molar-refractivity contribution >= 4 is 5.97 Å². The zero-order chi connectivity index (χ0) is 14.5. The lowest BCUT2D eigenvalue weighted by molar-refractivity contribution is -0.137. The highest BCUT2D eigenvalue weighted by molar-refractivity contribution is 5.67. The van der Waals surface area contributed by atoms with Gasteiger partial charge in [0.2, 0.25) is 0 Å². The molecule has 0 unspecified atom stereocenters. The van der Waals surface area contributed by atoms with Crippen molar-refractivity contribution in [2.45, 2.75) is 19.5 Å². The van der Waals surface area contributed by atoms with Crippen LogP contribution in [0.5, 0.6) is 5.75 Å². The van der Waals surface area contributed by atoms with Gasteiger partial charge in [-0.25, -0.2) is 4.98 Å². The highest BCUT2D eigenvalue weighted by atomic mass is 19.3. The molecule has 7 heteroatoms. The van der Waals surface area contributed by atoms with E-state index < -0.39 is 12.6 Å². The lowest BCUT2D eigenvalue weighted by atomic mass is 10.1. The minimum atomic E-state index is -2.94. The van der Waals surface area contributed by atoms with Crippen molar-refractivity contribution in [3.63, 3.8) is 0 Å². The van der Waals surface area contributed by atoms with Crippen LogP contribution >= 0.6 is 0 Å². The van der Waals surface area contributed by atoms with Crippen molar-refractivity contribution in [2.24, 2.45) is 0 Å². The summed E-state index contributed by atoms with van der Waals surface area (Å²) >= 11 is 0. The van der Waals surface area contributed by atoms with Gasteiger partial charge >= 0.3 is 12.6 Å². The summed E-state index contributed by atoms with van der Waals surface area (Å²) in [5.41, 5.74) is 0.335. The van der Waals surface area contributed by atoms with Gasteiger partial charge in [-0.15, -0.1) is 0 Å². The minimum Gasteiger partial charge on any atom is -0.481 e. The number of carboxylic acid groups (broad SMARTS) is 1. The molecule has 0 saturated carbocycles. The fourth-order valence-electron chi connectivity index (χ4n) is 1.63. The van der Waals surface area contributed by atoms with Gasteiger partial charge in [0.15, 0.2) is 11.7 Å². The molecule has 0 bridgehead atoms. The van der Waals surface area contributed by atoms with Crippen LogP contribution in [0.3, 0.4) is 0 Å². The standard InChI is InChI=1S/C13H11F2NO4/c14-13(15)20-9-4-2-1-3-8(9)10-7-16-11(19-10)5-6-12(17)18/h1-4,7,13H,5-6H2,(H,17,18). The van der Waals surface area contributed by atoms with E-state index in [0.717, 1.165) is 0 Å². The summed E-state index contributed by atoms with van der Waals surface area (Å²) in [4.78, 5) is 14.4. The van der Waals surface area contributed by atoms with Crippen molar-refractivity contribution in [2.75, 3.05) is 0 Å². The molecule has 0 amide bonds. The maximum Gasteiger partial charge on any atom is 0.387 e. The molecule has 20 heavy (non-hydrogen) atoms. The zero-order valence-electron chi connectivity index (χ0n) is 10.3. The summed E-state index contributed by atoms with van der Waals surface area (Å²) in [5, 5.41) is 8.57. The number of aliphatic carboxylic acids is 1. The molecule has 0 radical (unpaired) electrons. The molecule has 0 aliphatic carbocycles. The smallest absolute Gasteiger partial charge is 0.387 e. The van der Waals surface area contributed by atoms with Gasteiger partial charge in [0.25, 0.3) is 0 Å². The third-order valence-corrected chi connectivity index (χ3v) is 2.47. The Morgan fingerprint density at radius 1 is 1.40 bits per heavy atom. The van der Waals surface area contributed by atoms with Gasteiger partial charge in [-0.1, -0.05) is 12.1 Å². The highest BCUT2D eigenvalue weighted by Crippen LogP contribution is 2.31. The lowest BCUT2D eigenvalue weighted by Gasteiger charge is -2.07. The SMILES string of the molecule is O=C(O)CCc1ncc(-c2ccccc2OC(F)F)o1. The fraction of sp³-hybridized carbons (Fsp3) is 0.231. The number of hydrogen-bond donors (Lipinski definition) is 1. The molecule has 106 valence electrons. The number of hydrogen-bond acceptors (Lipinski definition) is 4. The summed E-state index contributed by atoms with van der Waals surface area (Å²) in [5.74, 6) is -0.509. The largest absolute Gasteiger partial charge is 0.481 e. The number of alkyl halides is 2. The van der Waals surface area contributed by atoms with E-state index in [0.29, 0.717) is 5.56 Å². The molecular weight excluding hydrogens is 272 g/mol. The molecule has 1 heterocycles. The molecule has 2 rings (SSSR count). The molecule has 0 saturated heterocycles. The Kier molecular flexibility index (Phi) is 4.29. The van der Waals surface area contributed by atoms with Gasteiger partial charge in [0, 0.05) is 6.42 Å². The van der Waals surface area contributed by atoms with E-state index in [1.54, 1.807) is 18.2 Å². The highest BCUT2D eigenvalue weighted by Gasteiger charge is 2.14. The fourth-order valence-corrected chi connectivity index (χ4v) is 1.63. The van der Waals surface area contributed by atoms with Crippen LogP contribution < -0.4 is 4.74 Å². The first-order valence-electron chi connectivity index (χ1n) is 5.77. The first kappa shape index (κ1) is 14.0. The van der Waals surface area contributed by atoms with Crippen LogP contribution in [-0.4, -0.2) is 22.7 Å². The second-order valence-corrected chi connectivity index (χ2v) is 3.89. The number of carboxylic acids is 1. The lowest BCUT2D eigenvalue weighted by Crippen LogP contribution is -2.02. The van der Waals surface area contributed by atoms with E-state index in [1.165, 1.54) is 12.3 Å². The molecular formula is C13H11F2NO4. The van der Waals surface area contributed by atoms with E-state index in [9.17, 15) is 13.6 Å². The Morgan fingerprint density at radius 2 is 2.15 bits per heavy atom. The van der Waals surface area contributed by atoms with Gasteiger partial charge in [0.1, 0.15) is 5.75 Å². The van der Waals surface area contributed by atoms with E-state index in [1.807, 2.05) is 0 Å². The quantitative estimate of drug-likeness (QED) is 0.882. The topological polar surface area (TPSA) is 72.6 Å². The van der Waals surface area contributed by atoms with Crippen molar-refractivity contribution in [1.82, 2.24) is 4.98 Å². The number of aryl methyl sites for hydroxylation is 1. The first-order chi connectivity index (χ1) is 9.56. The van der Waals surface area contributed by atoms with E-state index in [2.05, 4.69) is 9.72 Å². The summed E-state index contributed by atoms with van der Waals surface area (Å²) in [6.45, 7) is -2.94. The molecule has 0 fully saturated rings. The molecule has 0 atom stereocenters. The van der Waals surface area contributed by atoms with Crippen LogP contribution in [0.25, 0.3) is 11.3 Å². The summed E-state index contributed by atoms with van der Waals surface area (Å²) < 4.78 is 34.3. The number of nitrogens with zero attached hydrogens (tertiary/aromatic N) is 1. The predicted molar refractivity (Wildman–Crippen MR) is 64.5 cm³/mol. The number of oxazole rings is 1. The normalized spacial score (nSPS) is 10.8.